The van der Waals surface area contributed by atoms with E-state index in [0.29, 0.717) is 15.8 Å². The largest absolute Gasteiger partial charge is 0.312 e. The molecule has 0 fully saturated rings. The number of rotatable bonds is 4. The number of benzene rings is 2. The summed E-state index contributed by atoms with van der Waals surface area (Å²) in [5.74, 6) is -0.378. The van der Waals surface area contributed by atoms with E-state index in [4.69, 9.17) is 0 Å². The molecule has 1 unspecified atom stereocenters. The fourth-order valence-electron chi connectivity index (χ4n) is 2.72. The van der Waals surface area contributed by atoms with Gasteiger partial charge in [0.05, 0.1) is 21.2 Å². The highest BCUT2D eigenvalue weighted by Crippen LogP contribution is 2.34. The monoisotopic (exact) mass is 394 g/mol. The first kappa shape index (κ1) is 18.8. The van der Waals surface area contributed by atoms with Crippen molar-refractivity contribution in [2.75, 3.05) is 0 Å². The van der Waals surface area contributed by atoms with Crippen LogP contribution in [-0.2, 0) is 10.0 Å². The summed E-state index contributed by atoms with van der Waals surface area (Å²) >= 11 is 0.960. The van der Waals surface area contributed by atoms with Gasteiger partial charge in [-0.2, -0.15) is 0 Å². The lowest BCUT2D eigenvalue weighted by Crippen LogP contribution is -2.36. The second-order valence-electron chi connectivity index (χ2n) is 7.14. The average Bonchev–Trinajstić information content (AvgIpc) is 2.92. The number of thiazole rings is 1. The smallest absolute Gasteiger partial charge is 0.305 e. The van der Waals surface area contributed by atoms with Crippen LogP contribution in [-0.4, -0.2) is 13.4 Å². The summed E-state index contributed by atoms with van der Waals surface area (Å²) in [6.07, 6.45) is 0. The maximum Gasteiger partial charge on any atom is 0.305 e. The van der Waals surface area contributed by atoms with Crippen LogP contribution in [0.25, 0.3) is 10.2 Å². The number of sulfonamides is 1. The molecular formula is C18H19FN2O3S2. The molecule has 1 heterocycles. The van der Waals surface area contributed by atoms with Gasteiger partial charge in [0.2, 0.25) is 10.0 Å². The summed E-state index contributed by atoms with van der Waals surface area (Å²) in [6, 6.07) is 9.74. The van der Waals surface area contributed by atoms with Gasteiger partial charge in [-0.1, -0.05) is 44.2 Å². The van der Waals surface area contributed by atoms with E-state index in [9.17, 15) is 17.6 Å². The molecule has 5 nitrogen and oxygen atoms in total. The van der Waals surface area contributed by atoms with Crippen LogP contribution in [0.3, 0.4) is 0 Å². The van der Waals surface area contributed by atoms with Crippen molar-refractivity contribution in [2.24, 2.45) is 5.41 Å². The molecule has 0 aliphatic carbocycles. The summed E-state index contributed by atoms with van der Waals surface area (Å²) in [5.41, 5.74) is 0.841. The zero-order valence-corrected chi connectivity index (χ0v) is 16.2. The van der Waals surface area contributed by atoms with Crippen molar-refractivity contribution >= 4 is 31.6 Å². The van der Waals surface area contributed by atoms with Crippen molar-refractivity contribution in [3.8, 4) is 0 Å². The molecule has 0 amide bonds. The van der Waals surface area contributed by atoms with E-state index >= 15 is 0 Å². The van der Waals surface area contributed by atoms with Crippen LogP contribution >= 0.6 is 11.3 Å². The number of hydrogen-bond acceptors (Lipinski definition) is 4. The van der Waals surface area contributed by atoms with Crippen LogP contribution in [0.5, 0.6) is 0 Å². The minimum absolute atomic E-state index is 0.0802. The molecule has 0 saturated carbocycles. The summed E-state index contributed by atoms with van der Waals surface area (Å²) < 4.78 is 42.4. The first-order chi connectivity index (χ1) is 12.1. The van der Waals surface area contributed by atoms with Gasteiger partial charge in [0.1, 0.15) is 5.82 Å². The van der Waals surface area contributed by atoms with Gasteiger partial charge in [-0.05, 0) is 41.3 Å². The highest BCUT2D eigenvalue weighted by Gasteiger charge is 2.31. The maximum absolute atomic E-state index is 13.2. The van der Waals surface area contributed by atoms with E-state index in [1.54, 1.807) is 18.2 Å². The van der Waals surface area contributed by atoms with Crippen LogP contribution in [0.2, 0.25) is 0 Å². The van der Waals surface area contributed by atoms with Crippen LogP contribution in [0, 0.1) is 11.2 Å². The summed E-state index contributed by atoms with van der Waals surface area (Å²) in [4.78, 5) is 13.9. The molecule has 0 bridgehead atoms. The maximum atomic E-state index is 13.2. The molecule has 1 atom stereocenters. The molecule has 0 spiro atoms. The number of aromatic nitrogens is 1. The quantitative estimate of drug-likeness (QED) is 0.707. The Kier molecular flexibility index (Phi) is 4.76. The van der Waals surface area contributed by atoms with Crippen molar-refractivity contribution < 1.29 is 12.8 Å². The summed E-state index contributed by atoms with van der Waals surface area (Å²) in [6.45, 7) is 5.72. The van der Waals surface area contributed by atoms with E-state index < -0.39 is 21.5 Å². The van der Waals surface area contributed by atoms with Crippen LogP contribution in [0.15, 0.2) is 52.2 Å². The van der Waals surface area contributed by atoms with Gasteiger partial charge < -0.3 is 4.98 Å². The molecule has 138 valence electrons. The predicted molar refractivity (Wildman–Crippen MR) is 101 cm³/mol. The van der Waals surface area contributed by atoms with Gasteiger partial charge >= 0.3 is 4.87 Å². The lowest BCUT2D eigenvalue weighted by atomic mass is 9.83. The Morgan fingerprint density at radius 2 is 1.77 bits per heavy atom. The Balaban J connectivity index is 2.00. The Labute approximate surface area is 154 Å². The molecular weight excluding hydrogens is 375 g/mol. The van der Waals surface area contributed by atoms with Gasteiger partial charge in [0.15, 0.2) is 0 Å². The average molecular weight is 394 g/mol. The van der Waals surface area contributed by atoms with Crippen molar-refractivity contribution in [3.05, 3.63) is 63.5 Å². The highest BCUT2D eigenvalue weighted by atomic mass is 32.2. The zero-order valence-electron chi connectivity index (χ0n) is 14.5. The van der Waals surface area contributed by atoms with Gasteiger partial charge in [0, 0.05) is 0 Å². The Bertz CT molecular complexity index is 1090. The van der Waals surface area contributed by atoms with Gasteiger partial charge in [-0.25, -0.2) is 17.5 Å². The van der Waals surface area contributed by atoms with E-state index in [-0.39, 0.29) is 15.6 Å². The van der Waals surface area contributed by atoms with E-state index in [1.165, 1.54) is 24.3 Å². The van der Waals surface area contributed by atoms with Crippen molar-refractivity contribution in [1.29, 1.82) is 0 Å². The topological polar surface area (TPSA) is 79.0 Å². The highest BCUT2D eigenvalue weighted by molar-refractivity contribution is 7.89. The van der Waals surface area contributed by atoms with Gasteiger partial charge in [0.25, 0.3) is 0 Å². The molecule has 3 aromatic rings. The number of H-pyrrole nitrogens is 1. The number of nitrogens with one attached hydrogen (secondary N) is 2. The lowest BCUT2D eigenvalue weighted by Gasteiger charge is -2.31. The Morgan fingerprint density at radius 1 is 1.12 bits per heavy atom. The van der Waals surface area contributed by atoms with Crippen molar-refractivity contribution in [3.63, 3.8) is 0 Å². The molecule has 0 radical (unpaired) electrons. The number of aromatic amines is 1. The number of hydrogen-bond donors (Lipinski definition) is 2. The minimum atomic E-state index is -3.84. The predicted octanol–water partition coefficient (Wildman–Crippen LogP) is 3.79. The number of fused-ring (bicyclic) bond motifs is 1. The second-order valence-corrected chi connectivity index (χ2v) is 9.87. The number of halogens is 1. The van der Waals surface area contributed by atoms with E-state index in [1.807, 2.05) is 20.8 Å². The third-order valence-corrected chi connectivity index (χ3v) is 6.31. The normalized spacial score (nSPS) is 13.8. The van der Waals surface area contributed by atoms with Crippen molar-refractivity contribution in [2.45, 2.75) is 31.7 Å². The van der Waals surface area contributed by atoms with E-state index in [0.717, 1.165) is 11.3 Å². The van der Waals surface area contributed by atoms with Gasteiger partial charge in [-0.3, -0.25) is 4.79 Å². The zero-order chi connectivity index (χ0) is 19.1. The summed E-state index contributed by atoms with van der Waals surface area (Å²) in [5, 5.41) is 0. The van der Waals surface area contributed by atoms with Crippen LogP contribution in [0.1, 0.15) is 32.4 Å². The SMILES string of the molecule is CC(C)(C)C(NS(=O)(=O)c1ccc2[nH]c(=O)sc2c1)c1ccc(F)cc1. The molecule has 0 aliphatic rings. The third kappa shape index (κ3) is 3.87. The fourth-order valence-corrected chi connectivity index (χ4v) is 5.02. The van der Waals surface area contributed by atoms with Gasteiger partial charge in [-0.15, -0.1) is 0 Å². The molecule has 0 saturated heterocycles. The molecule has 0 aliphatic heterocycles. The third-order valence-electron chi connectivity index (χ3n) is 4.05. The summed E-state index contributed by atoms with van der Waals surface area (Å²) in [7, 11) is -3.84. The van der Waals surface area contributed by atoms with Crippen molar-refractivity contribution in [1.82, 2.24) is 9.71 Å². The second kappa shape index (κ2) is 6.61. The first-order valence-electron chi connectivity index (χ1n) is 7.97. The minimum Gasteiger partial charge on any atom is -0.312 e. The van der Waals surface area contributed by atoms with E-state index in [2.05, 4.69) is 9.71 Å². The standard InChI is InChI=1S/C18H19FN2O3S2/c1-18(2,3)16(11-4-6-12(19)7-5-11)21-26(23,24)13-8-9-14-15(10-13)25-17(22)20-14/h4-10,16,21H,1-3H3,(H,20,22). The lowest BCUT2D eigenvalue weighted by molar-refractivity contribution is 0.304. The van der Waals surface area contributed by atoms with Crippen LogP contribution < -0.4 is 9.60 Å². The molecule has 3 rings (SSSR count). The molecule has 2 aromatic carbocycles. The molecule has 8 heteroatoms. The Morgan fingerprint density at radius 3 is 2.38 bits per heavy atom. The Hall–Kier alpha value is -2.03. The van der Waals surface area contributed by atoms with Crippen LogP contribution in [0.4, 0.5) is 4.39 Å². The molecule has 2 N–H and O–H groups in total. The fraction of sp³-hybridized carbons (Fsp3) is 0.278. The molecule has 26 heavy (non-hydrogen) atoms. The molecule has 1 aromatic heterocycles. The first-order valence-corrected chi connectivity index (χ1v) is 10.3.